The van der Waals surface area contributed by atoms with E-state index in [0.717, 1.165) is 19.0 Å². The molecule has 1 rings (SSSR count). The molecular formula is C14H26N2. The van der Waals surface area contributed by atoms with Crippen LogP contribution in [0, 0.1) is 5.92 Å². The van der Waals surface area contributed by atoms with Gasteiger partial charge in [0, 0.05) is 31.0 Å². The largest absolute Gasteiger partial charge is 0.354 e. The van der Waals surface area contributed by atoms with Gasteiger partial charge in [-0.1, -0.05) is 13.8 Å². The fraction of sp³-hybridized carbons (Fsp3) is 0.714. The third-order valence-corrected chi connectivity index (χ3v) is 2.60. The molecule has 0 amide bonds. The molecule has 2 heteroatoms. The molecule has 1 N–H and O–H groups in total. The van der Waals surface area contributed by atoms with Gasteiger partial charge >= 0.3 is 0 Å². The van der Waals surface area contributed by atoms with Crippen molar-refractivity contribution in [1.82, 2.24) is 9.88 Å². The number of aryl methyl sites for hydroxylation is 1. The van der Waals surface area contributed by atoms with Gasteiger partial charge in [-0.15, -0.1) is 0 Å². The first-order chi connectivity index (χ1) is 7.37. The van der Waals surface area contributed by atoms with Crippen molar-refractivity contribution in [2.75, 3.05) is 0 Å². The van der Waals surface area contributed by atoms with Crippen molar-refractivity contribution in [3.63, 3.8) is 0 Å². The summed E-state index contributed by atoms with van der Waals surface area (Å²) in [5.41, 5.74) is 1.57. The van der Waals surface area contributed by atoms with Crippen molar-refractivity contribution in [3.05, 3.63) is 24.0 Å². The second kappa shape index (κ2) is 5.53. The molecule has 16 heavy (non-hydrogen) atoms. The molecule has 0 aliphatic carbocycles. The summed E-state index contributed by atoms with van der Waals surface area (Å²) in [6.07, 6.45) is 5.68. The molecule has 0 spiro atoms. The van der Waals surface area contributed by atoms with Crippen LogP contribution in [0.4, 0.5) is 0 Å². The average Bonchev–Trinajstić information content (AvgIpc) is 2.58. The van der Waals surface area contributed by atoms with E-state index in [0.29, 0.717) is 0 Å². The molecule has 1 heterocycles. The molecule has 0 atom stereocenters. The van der Waals surface area contributed by atoms with Crippen molar-refractivity contribution in [2.45, 2.75) is 59.7 Å². The van der Waals surface area contributed by atoms with Crippen LogP contribution < -0.4 is 5.32 Å². The van der Waals surface area contributed by atoms with E-state index in [1.165, 1.54) is 12.0 Å². The van der Waals surface area contributed by atoms with Crippen LogP contribution in [0.25, 0.3) is 0 Å². The fourth-order valence-corrected chi connectivity index (χ4v) is 1.51. The lowest BCUT2D eigenvalue weighted by Crippen LogP contribution is -2.34. The summed E-state index contributed by atoms with van der Waals surface area (Å²) in [6, 6.07) is 2.21. The highest BCUT2D eigenvalue weighted by Crippen LogP contribution is 2.08. The van der Waals surface area contributed by atoms with Crippen molar-refractivity contribution in [1.29, 1.82) is 0 Å². The lowest BCUT2D eigenvalue weighted by atomic mass is 10.1. The van der Waals surface area contributed by atoms with Crippen molar-refractivity contribution in [2.24, 2.45) is 5.92 Å². The normalized spacial score (nSPS) is 12.4. The maximum Gasteiger partial charge on any atom is 0.0225 e. The molecule has 1 aromatic heterocycles. The Morgan fingerprint density at radius 3 is 2.56 bits per heavy atom. The zero-order valence-corrected chi connectivity index (χ0v) is 11.4. The second-order valence-electron chi connectivity index (χ2n) is 6.04. The Balaban J connectivity index is 2.39. The minimum absolute atomic E-state index is 0.194. The maximum atomic E-state index is 3.50. The summed E-state index contributed by atoms with van der Waals surface area (Å²) < 4.78 is 2.29. The van der Waals surface area contributed by atoms with Crippen LogP contribution in [0.15, 0.2) is 18.5 Å². The van der Waals surface area contributed by atoms with Crippen LogP contribution in [-0.2, 0) is 13.1 Å². The predicted molar refractivity (Wildman–Crippen MR) is 70.5 cm³/mol. The summed E-state index contributed by atoms with van der Waals surface area (Å²) in [6.45, 7) is 13.2. The van der Waals surface area contributed by atoms with Gasteiger partial charge in [0.15, 0.2) is 0 Å². The van der Waals surface area contributed by atoms with Gasteiger partial charge in [-0.3, -0.25) is 0 Å². The van der Waals surface area contributed by atoms with Crippen molar-refractivity contribution < 1.29 is 0 Å². The molecule has 0 radical (unpaired) electrons. The summed E-state index contributed by atoms with van der Waals surface area (Å²) in [4.78, 5) is 0. The molecule has 0 aliphatic rings. The van der Waals surface area contributed by atoms with Crippen molar-refractivity contribution >= 4 is 0 Å². The first-order valence-corrected chi connectivity index (χ1v) is 6.26. The second-order valence-corrected chi connectivity index (χ2v) is 6.04. The van der Waals surface area contributed by atoms with E-state index in [2.05, 4.69) is 63.0 Å². The third kappa shape index (κ3) is 5.36. The molecule has 0 saturated heterocycles. The Morgan fingerprint density at radius 2 is 2.00 bits per heavy atom. The number of rotatable bonds is 5. The minimum Gasteiger partial charge on any atom is -0.354 e. The average molecular weight is 222 g/mol. The Hall–Kier alpha value is -0.760. The molecule has 2 nitrogen and oxygen atoms in total. The molecule has 0 bridgehead atoms. The van der Waals surface area contributed by atoms with Gasteiger partial charge in [-0.05, 0) is 44.7 Å². The molecule has 0 aliphatic heterocycles. The summed E-state index contributed by atoms with van der Waals surface area (Å²) in [5, 5.41) is 3.50. The zero-order chi connectivity index (χ0) is 12.2. The van der Waals surface area contributed by atoms with Crippen LogP contribution in [-0.4, -0.2) is 10.1 Å². The van der Waals surface area contributed by atoms with Crippen LogP contribution in [0.2, 0.25) is 0 Å². The van der Waals surface area contributed by atoms with E-state index < -0.39 is 0 Å². The maximum absolute atomic E-state index is 3.50. The molecular weight excluding hydrogens is 196 g/mol. The quantitative estimate of drug-likeness (QED) is 0.807. The van der Waals surface area contributed by atoms with Crippen LogP contribution in [0.1, 0.15) is 46.6 Å². The predicted octanol–water partition coefficient (Wildman–Crippen LogP) is 3.42. The van der Waals surface area contributed by atoms with Gasteiger partial charge in [-0.25, -0.2) is 0 Å². The Labute approximate surface area is 100 Å². The Morgan fingerprint density at radius 1 is 1.31 bits per heavy atom. The minimum atomic E-state index is 0.194. The summed E-state index contributed by atoms with van der Waals surface area (Å²) >= 11 is 0. The SMILES string of the molecule is CC(C)CCn1ccc(CNC(C)(C)C)c1. The number of nitrogens with one attached hydrogen (secondary N) is 1. The number of hydrogen-bond donors (Lipinski definition) is 1. The van der Waals surface area contributed by atoms with E-state index >= 15 is 0 Å². The number of nitrogens with zero attached hydrogens (tertiary/aromatic N) is 1. The Bertz CT molecular complexity index is 305. The van der Waals surface area contributed by atoms with E-state index in [-0.39, 0.29) is 5.54 Å². The molecule has 0 aromatic carbocycles. The first-order valence-electron chi connectivity index (χ1n) is 6.26. The van der Waals surface area contributed by atoms with Crippen molar-refractivity contribution in [3.8, 4) is 0 Å². The number of aromatic nitrogens is 1. The summed E-state index contributed by atoms with van der Waals surface area (Å²) in [7, 11) is 0. The van der Waals surface area contributed by atoms with E-state index in [1.807, 2.05) is 0 Å². The smallest absolute Gasteiger partial charge is 0.0225 e. The summed E-state index contributed by atoms with van der Waals surface area (Å²) in [5.74, 6) is 0.776. The van der Waals surface area contributed by atoms with E-state index in [9.17, 15) is 0 Å². The van der Waals surface area contributed by atoms with Gasteiger partial charge in [0.2, 0.25) is 0 Å². The van der Waals surface area contributed by atoms with E-state index in [1.54, 1.807) is 0 Å². The monoisotopic (exact) mass is 222 g/mol. The third-order valence-electron chi connectivity index (χ3n) is 2.60. The highest BCUT2D eigenvalue weighted by atomic mass is 15.0. The molecule has 1 aromatic rings. The lowest BCUT2D eigenvalue weighted by Gasteiger charge is -2.19. The standard InChI is InChI=1S/C14H26N2/c1-12(2)6-8-16-9-7-13(11-16)10-15-14(3,4)5/h7,9,11-12,15H,6,8,10H2,1-5H3. The fourth-order valence-electron chi connectivity index (χ4n) is 1.51. The molecule has 0 fully saturated rings. The topological polar surface area (TPSA) is 17.0 Å². The van der Waals surface area contributed by atoms with Crippen LogP contribution >= 0.6 is 0 Å². The highest BCUT2D eigenvalue weighted by Gasteiger charge is 2.08. The van der Waals surface area contributed by atoms with Gasteiger partial charge in [0.25, 0.3) is 0 Å². The van der Waals surface area contributed by atoms with Gasteiger partial charge in [0.1, 0.15) is 0 Å². The molecule has 92 valence electrons. The lowest BCUT2D eigenvalue weighted by molar-refractivity contribution is 0.424. The van der Waals surface area contributed by atoms with E-state index in [4.69, 9.17) is 0 Å². The molecule has 0 unspecified atom stereocenters. The highest BCUT2D eigenvalue weighted by molar-refractivity contribution is 5.10. The van der Waals surface area contributed by atoms with Gasteiger partial charge in [0.05, 0.1) is 0 Å². The van der Waals surface area contributed by atoms with Crippen LogP contribution in [0.3, 0.4) is 0 Å². The Kier molecular flexibility index (Phi) is 4.60. The molecule has 0 saturated carbocycles. The number of hydrogen-bond acceptors (Lipinski definition) is 1. The van der Waals surface area contributed by atoms with Gasteiger partial charge in [-0.2, -0.15) is 0 Å². The van der Waals surface area contributed by atoms with Gasteiger partial charge < -0.3 is 9.88 Å². The zero-order valence-electron chi connectivity index (χ0n) is 11.4. The van der Waals surface area contributed by atoms with Crippen LogP contribution in [0.5, 0.6) is 0 Å². The first kappa shape index (κ1) is 13.3.